The van der Waals surface area contributed by atoms with Crippen molar-refractivity contribution in [3.05, 3.63) is 36.4 Å². The van der Waals surface area contributed by atoms with E-state index in [2.05, 4.69) is 31.8 Å². The van der Waals surface area contributed by atoms with E-state index < -0.39 is 0 Å². The highest BCUT2D eigenvalue weighted by atomic mass is 16.5. The summed E-state index contributed by atoms with van der Waals surface area (Å²) in [6, 6.07) is 6.08. The van der Waals surface area contributed by atoms with E-state index in [1.54, 1.807) is 13.4 Å². The molecule has 0 amide bonds. The summed E-state index contributed by atoms with van der Waals surface area (Å²) >= 11 is 0. The number of hydrogen-bond acceptors (Lipinski definition) is 3. The van der Waals surface area contributed by atoms with Gasteiger partial charge in [-0.25, -0.2) is 4.98 Å². The molecule has 0 aliphatic rings. The van der Waals surface area contributed by atoms with E-state index in [1.807, 2.05) is 12.1 Å². The van der Waals surface area contributed by atoms with Crippen molar-refractivity contribution < 1.29 is 9.15 Å². The monoisotopic (exact) mass is 231 g/mol. The summed E-state index contributed by atoms with van der Waals surface area (Å²) in [5.74, 6) is 0.907. The van der Waals surface area contributed by atoms with Crippen LogP contribution in [0.3, 0.4) is 0 Å². The van der Waals surface area contributed by atoms with E-state index in [0.29, 0.717) is 0 Å². The molecule has 0 bridgehead atoms. The molecule has 0 atom stereocenters. The van der Waals surface area contributed by atoms with Gasteiger partial charge in [-0.3, -0.25) is 0 Å². The number of aromatic nitrogens is 1. The van der Waals surface area contributed by atoms with Crippen LogP contribution in [0.2, 0.25) is 0 Å². The Morgan fingerprint density at radius 1 is 1.24 bits per heavy atom. The van der Waals surface area contributed by atoms with Crippen LogP contribution in [-0.4, -0.2) is 12.1 Å². The molecule has 2 rings (SSSR count). The lowest BCUT2D eigenvalue weighted by Gasteiger charge is -2.22. The molecule has 0 aliphatic heterocycles. The zero-order valence-electron chi connectivity index (χ0n) is 10.7. The van der Waals surface area contributed by atoms with E-state index in [0.717, 1.165) is 17.0 Å². The Morgan fingerprint density at radius 2 is 2.00 bits per heavy atom. The SMILES string of the molecule is COc1ccc(-c2cocn2)cc1C(C)(C)C. The van der Waals surface area contributed by atoms with Gasteiger partial charge in [-0.2, -0.15) is 0 Å². The van der Waals surface area contributed by atoms with Gasteiger partial charge in [0.2, 0.25) is 0 Å². The second-order valence-electron chi connectivity index (χ2n) is 5.04. The molecule has 0 unspecified atom stereocenters. The van der Waals surface area contributed by atoms with Gasteiger partial charge in [-0.05, 0) is 23.6 Å². The Hall–Kier alpha value is -1.77. The van der Waals surface area contributed by atoms with Crippen molar-refractivity contribution in [2.75, 3.05) is 7.11 Å². The highest BCUT2D eigenvalue weighted by Gasteiger charge is 2.19. The number of benzene rings is 1. The first-order chi connectivity index (χ1) is 8.02. The molecule has 90 valence electrons. The van der Waals surface area contributed by atoms with Crippen molar-refractivity contribution in [3.8, 4) is 17.0 Å². The van der Waals surface area contributed by atoms with Crippen molar-refractivity contribution in [2.45, 2.75) is 26.2 Å². The minimum absolute atomic E-state index is 0.0328. The lowest BCUT2D eigenvalue weighted by atomic mass is 9.85. The Balaban J connectivity index is 2.53. The van der Waals surface area contributed by atoms with E-state index in [4.69, 9.17) is 9.15 Å². The molecule has 0 aliphatic carbocycles. The summed E-state index contributed by atoms with van der Waals surface area (Å²) in [6.07, 6.45) is 3.09. The van der Waals surface area contributed by atoms with Crippen LogP contribution in [0.4, 0.5) is 0 Å². The van der Waals surface area contributed by atoms with Crippen LogP contribution in [0.15, 0.2) is 35.3 Å². The van der Waals surface area contributed by atoms with Gasteiger partial charge < -0.3 is 9.15 Å². The fraction of sp³-hybridized carbons (Fsp3) is 0.357. The second kappa shape index (κ2) is 4.24. The van der Waals surface area contributed by atoms with Gasteiger partial charge in [-0.1, -0.05) is 20.8 Å². The molecule has 1 aromatic heterocycles. The van der Waals surface area contributed by atoms with Gasteiger partial charge in [-0.15, -0.1) is 0 Å². The summed E-state index contributed by atoms with van der Waals surface area (Å²) < 4.78 is 10.4. The molecule has 3 heteroatoms. The molecule has 1 aromatic carbocycles. The molecule has 0 saturated heterocycles. The molecule has 0 saturated carbocycles. The summed E-state index contributed by atoms with van der Waals surface area (Å²) in [4.78, 5) is 4.16. The standard InChI is InChI=1S/C14H17NO2/c1-14(2,3)11-7-10(5-6-13(11)16-4)12-8-17-9-15-12/h5-9H,1-4H3. The third-order valence-electron chi connectivity index (χ3n) is 2.74. The molecule has 2 aromatic rings. The molecule has 1 heterocycles. The summed E-state index contributed by atoms with van der Waals surface area (Å²) in [6.45, 7) is 6.49. The van der Waals surface area contributed by atoms with Gasteiger partial charge in [0, 0.05) is 11.1 Å². The van der Waals surface area contributed by atoms with Gasteiger partial charge in [0.05, 0.1) is 7.11 Å². The maximum absolute atomic E-state index is 5.40. The first-order valence-electron chi connectivity index (χ1n) is 5.59. The average molecular weight is 231 g/mol. The number of nitrogens with zero attached hydrogens (tertiary/aromatic N) is 1. The molecule has 0 fully saturated rings. The first-order valence-corrected chi connectivity index (χ1v) is 5.59. The maximum Gasteiger partial charge on any atom is 0.181 e. The van der Waals surface area contributed by atoms with Crippen molar-refractivity contribution >= 4 is 0 Å². The van der Waals surface area contributed by atoms with Crippen molar-refractivity contribution in [1.29, 1.82) is 0 Å². The first kappa shape index (κ1) is 11.7. The van der Waals surface area contributed by atoms with E-state index in [-0.39, 0.29) is 5.41 Å². The van der Waals surface area contributed by atoms with E-state index >= 15 is 0 Å². The van der Waals surface area contributed by atoms with Gasteiger partial charge in [0.25, 0.3) is 0 Å². The average Bonchev–Trinajstić information content (AvgIpc) is 2.80. The number of oxazole rings is 1. The molecule has 3 nitrogen and oxygen atoms in total. The minimum atomic E-state index is 0.0328. The van der Waals surface area contributed by atoms with Crippen LogP contribution in [-0.2, 0) is 5.41 Å². The number of ether oxygens (including phenoxy) is 1. The van der Waals surface area contributed by atoms with E-state index in [9.17, 15) is 0 Å². The molecule has 17 heavy (non-hydrogen) atoms. The van der Waals surface area contributed by atoms with Crippen LogP contribution in [0.5, 0.6) is 5.75 Å². The Kier molecular flexibility index (Phi) is 2.92. The Bertz CT molecular complexity index is 495. The Labute approximate surface area is 101 Å². The smallest absolute Gasteiger partial charge is 0.181 e. The third-order valence-corrected chi connectivity index (χ3v) is 2.74. The maximum atomic E-state index is 5.40. The van der Waals surface area contributed by atoms with Crippen molar-refractivity contribution in [1.82, 2.24) is 4.98 Å². The zero-order valence-corrected chi connectivity index (χ0v) is 10.7. The van der Waals surface area contributed by atoms with Crippen LogP contribution >= 0.6 is 0 Å². The van der Waals surface area contributed by atoms with Crippen LogP contribution in [0.25, 0.3) is 11.3 Å². The summed E-state index contributed by atoms with van der Waals surface area (Å²) in [7, 11) is 1.69. The highest BCUT2D eigenvalue weighted by molar-refractivity contribution is 5.61. The van der Waals surface area contributed by atoms with Gasteiger partial charge in [0.1, 0.15) is 17.7 Å². The highest BCUT2D eigenvalue weighted by Crippen LogP contribution is 2.34. The van der Waals surface area contributed by atoms with Crippen molar-refractivity contribution in [3.63, 3.8) is 0 Å². The third kappa shape index (κ3) is 2.33. The zero-order chi connectivity index (χ0) is 12.5. The topological polar surface area (TPSA) is 35.3 Å². The molecule has 0 radical (unpaired) electrons. The predicted octanol–water partition coefficient (Wildman–Crippen LogP) is 3.65. The second-order valence-corrected chi connectivity index (χ2v) is 5.04. The van der Waals surface area contributed by atoms with Crippen LogP contribution < -0.4 is 4.74 Å². The van der Waals surface area contributed by atoms with E-state index in [1.165, 1.54) is 12.0 Å². The molecule has 0 spiro atoms. The lowest BCUT2D eigenvalue weighted by Crippen LogP contribution is -2.12. The largest absolute Gasteiger partial charge is 0.496 e. The van der Waals surface area contributed by atoms with Crippen LogP contribution in [0, 0.1) is 0 Å². The van der Waals surface area contributed by atoms with Gasteiger partial charge >= 0.3 is 0 Å². The lowest BCUT2D eigenvalue weighted by molar-refractivity contribution is 0.397. The Morgan fingerprint density at radius 3 is 2.53 bits per heavy atom. The molecular weight excluding hydrogens is 214 g/mol. The summed E-state index contributed by atoms with van der Waals surface area (Å²) in [5.41, 5.74) is 3.09. The predicted molar refractivity (Wildman–Crippen MR) is 67.2 cm³/mol. The van der Waals surface area contributed by atoms with Crippen LogP contribution in [0.1, 0.15) is 26.3 Å². The normalized spacial score (nSPS) is 11.5. The number of rotatable bonds is 2. The quantitative estimate of drug-likeness (QED) is 0.791. The molecular formula is C14H17NO2. The number of methoxy groups -OCH3 is 1. The fourth-order valence-corrected chi connectivity index (χ4v) is 1.81. The molecule has 0 N–H and O–H groups in total. The van der Waals surface area contributed by atoms with Crippen molar-refractivity contribution in [2.24, 2.45) is 0 Å². The fourth-order valence-electron chi connectivity index (χ4n) is 1.81. The summed E-state index contributed by atoms with van der Waals surface area (Å²) in [5, 5.41) is 0. The number of hydrogen-bond donors (Lipinski definition) is 0. The minimum Gasteiger partial charge on any atom is -0.496 e. The van der Waals surface area contributed by atoms with Gasteiger partial charge in [0.15, 0.2) is 6.39 Å².